The lowest BCUT2D eigenvalue weighted by atomic mass is 10.0. The summed E-state index contributed by atoms with van der Waals surface area (Å²) in [7, 11) is 0. The van der Waals surface area contributed by atoms with Crippen molar-refractivity contribution in [3.63, 3.8) is 0 Å². The van der Waals surface area contributed by atoms with Gasteiger partial charge in [0.1, 0.15) is 5.69 Å². The number of carbonyl (C=O) groups excluding carboxylic acids is 1. The number of nitrogens with zero attached hydrogens (tertiary/aromatic N) is 2. The van der Waals surface area contributed by atoms with Crippen LogP contribution in [0.15, 0.2) is 66.7 Å². The van der Waals surface area contributed by atoms with Crippen molar-refractivity contribution in [2.45, 2.75) is 13.8 Å². The molecular weight excluding hydrogens is 352 g/mol. The number of carboxylic acids is 1. The second-order valence-corrected chi connectivity index (χ2v) is 6.73. The van der Waals surface area contributed by atoms with Gasteiger partial charge in [-0.25, -0.2) is 4.79 Å². The maximum Gasteiger partial charge on any atom is 0.335 e. The van der Waals surface area contributed by atoms with E-state index in [2.05, 4.69) is 5.10 Å². The van der Waals surface area contributed by atoms with Gasteiger partial charge in [-0.2, -0.15) is 9.78 Å². The minimum absolute atomic E-state index is 0.180. The number of carbonyl (C=O) groups is 2. The fourth-order valence-electron chi connectivity index (χ4n) is 3.46. The number of carboxylic acid groups (broad SMARTS) is 1. The van der Waals surface area contributed by atoms with Crippen LogP contribution in [0.2, 0.25) is 0 Å². The van der Waals surface area contributed by atoms with Gasteiger partial charge >= 0.3 is 5.97 Å². The van der Waals surface area contributed by atoms with Crippen LogP contribution in [0.1, 0.15) is 31.8 Å². The van der Waals surface area contributed by atoms with Crippen LogP contribution in [-0.4, -0.2) is 26.8 Å². The number of hydrogen-bond acceptors (Lipinski definition) is 3. The molecule has 0 fully saturated rings. The average Bonchev–Trinajstić information content (AvgIpc) is 3.07. The first-order valence-electron chi connectivity index (χ1n) is 8.90. The van der Waals surface area contributed by atoms with Crippen molar-refractivity contribution in [2.24, 2.45) is 0 Å². The molecule has 1 aromatic heterocycles. The number of para-hydroxylation sites is 1. The summed E-state index contributed by atoms with van der Waals surface area (Å²) in [6.45, 7) is 3.83. The summed E-state index contributed by atoms with van der Waals surface area (Å²) in [5, 5.41) is 14.6. The van der Waals surface area contributed by atoms with Crippen LogP contribution in [0.4, 0.5) is 0 Å². The van der Waals surface area contributed by atoms with E-state index in [9.17, 15) is 9.59 Å². The van der Waals surface area contributed by atoms with Crippen molar-refractivity contribution >= 4 is 22.8 Å². The highest BCUT2D eigenvalue weighted by Gasteiger charge is 2.20. The molecular formula is C23H18N2O3. The molecule has 28 heavy (non-hydrogen) atoms. The minimum atomic E-state index is -0.979. The third-order valence-electron chi connectivity index (χ3n) is 4.88. The van der Waals surface area contributed by atoms with Crippen molar-refractivity contribution in [2.75, 3.05) is 0 Å². The second-order valence-electron chi connectivity index (χ2n) is 6.73. The lowest BCUT2D eigenvalue weighted by Gasteiger charge is -2.09. The number of fused-ring (bicyclic) bond motifs is 1. The standard InChI is InChI=1S/C23H18N2O3/c1-14-6-5-7-15(2)20(14)22(26)25-19-9-4-3-8-18(19)21(24-25)16-10-12-17(13-11-16)23(27)28/h3-13H,1-2H3,(H,27,28). The normalized spacial score (nSPS) is 10.9. The van der Waals surface area contributed by atoms with Gasteiger partial charge in [-0.1, -0.05) is 48.5 Å². The van der Waals surface area contributed by atoms with Crippen molar-refractivity contribution in [3.05, 3.63) is 89.0 Å². The van der Waals surface area contributed by atoms with E-state index in [0.717, 1.165) is 22.1 Å². The molecule has 1 heterocycles. The lowest BCUT2D eigenvalue weighted by Crippen LogP contribution is -2.16. The van der Waals surface area contributed by atoms with Crippen LogP contribution < -0.4 is 0 Å². The first-order chi connectivity index (χ1) is 13.5. The molecule has 0 unspecified atom stereocenters. The largest absolute Gasteiger partial charge is 0.478 e. The van der Waals surface area contributed by atoms with Crippen molar-refractivity contribution in [3.8, 4) is 11.3 Å². The number of aryl methyl sites for hydroxylation is 2. The van der Waals surface area contributed by atoms with Gasteiger partial charge in [0.15, 0.2) is 0 Å². The molecule has 0 radical (unpaired) electrons. The van der Waals surface area contributed by atoms with Gasteiger partial charge in [0, 0.05) is 16.5 Å². The zero-order valence-electron chi connectivity index (χ0n) is 15.5. The highest BCUT2D eigenvalue weighted by atomic mass is 16.4. The predicted molar refractivity (Wildman–Crippen MR) is 108 cm³/mol. The summed E-state index contributed by atoms with van der Waals surface area (Å²) in [6, 6.07) is 19.8. The number of benzene rings is 3. The molecule has 0 aliphatic heterocycles. The van der Waals surface area contributed by atoms with Gasteiger partial charge in [-0.05, 0) is 43.2 Å². The van der Waals surface area contributed by atoms with Gasteiger partial charge in [-0.3, -0.25) is 4.79 Å². The lowest BCUT2D eigenvalue weighted by molar-refractivity contribution is 0.0696. The van der Waals surface area contributed by atoms with E-state index < -0.39 is 5.97 Å². The summed E-state index contributed by atoms with van der Waals surface area (Å²) in [6.07, 6.45) is 0. The molecule has 0 bridgehead atoms. The first-order valence-corrected chi connectivity index (χ1v) is 8.90. The third-order valence-corrected chi connectivity index (χ3v) is 4.88. The van der Waals surface area contributed by atoms with E-state index in [1.807, 2.05) is 56.3 Å². The Morgan fingerprint density at radius 3 is 2.14 bits per heavy atom. The van der Waals surface area contributed by atoms with Crippen LogP contribution in [0.3, 0.4) is 0 Å². The van der Waals surface area contributed by atoms with E-state index in [0.29, 0.717) is 16.8 Å². The SMILES string of the molecule is Cc1cccc(C)c1C(=O)n1nc(-c2ccc(C(=O)O)cc2)c2ccccc21. The molecule has 4 rings (SSSR count). The number of aromatic nitrogens is 2. The molecule has 0 spiro atoms. The number of aromatic carboxylic acids is 1. The fraction of sp³-hybridized carbons (Fsp3) is 0.0870. The highest BCUT2D eigenvalue weighted by molar-refractivity contribution is 6.06. The Bertz CT molecular complexity index is 1200. The monoisotopic (exact) mass is 370 g/mol. The summed E-state index contributed by atoms with van der Waals surface area (Å²) in [4.78, 5) is 24.4. The zero-order chi connectivity index (χ0) is 19.8. The van der Waals surface area contributed by atoms with Crippen molar-refractivity contribution < 1.29 is 14.7 Å². The zero-order valence-corrected chi connectivity index (χ0v) is 15.5. The van der Waals surface area contributed by atoms with Crippen molar-refractivity contribution in [1.29, 1.82) is 0 Å². The predicted octanol–water partition coefficient (Wildman–Crippen LogP) is 4.71. The summed E-state index contributed by atoms with van der Waals surface area (Å²) in [5.41, 5.74) is 4.77. The van der Waals surface area contributed by atoms with E-state index >= 15 is 0 Å². The molecule has 138 valence electrons. The highest BCUT2D eigenvalue weighted by Crippen LogP contribution is 2.29. The first kappa shape index (κ1) is 17.7. The Morgan fingerprint density at radius 1 is 0.857 bits per heavy atom. The quantitative estimate of drug-likeness (QED) is 0.567. The maximum atomic E-state index is 13.3. The topological polar surface area (TPSA) is 72.2 Å². The van der Waals surface area contributed by atoms with Crippen LogP contribution >= 0.6 is 0 Å². The maximum absolute atomic E-state index is 13.3. The van der Waals surface area contributed by atoms with Gasteiger partial charge in [0.05, 0.1) is 11.1 Å². The van der Waals surface area contributed by atoms with Crippen LogP contribution in [-0.2, 0) is 0 Å². The smallest absolute Gasteiger partial charge is 0.335 e. The molecule has 0 aliphatic rings. The fourth-order valence-corrected chi connectivity index (χ4v) is 3.46. The Labute approximate surface area is 161 Å². The average molecular weight is 370 g/mol. The molecule has 0 saturated heterocycles. The summed E-state index contributed by atoms with van der Waals surface area (Å²) < 4.78 is 1.44. The number of rotatable bonds is 3. The molecule has 3 aromatic carbocycles. The van der Waals surface area contributed by atoms with Crippen LogP contribution in [0, 0.1) is 13.8 Å². The molecule has 0 aliphatic carbocycles. The third kappa shape index (κ3) is 2.87. The Hall–Kier alpha value is -3.73. The van der Waals surface area contributed by atoms with Gasteiger partial charge in [0.25, 0.3) is 5.91 Å². The van der Waals surface area contributed by atoms with E-state index in [-0.39, 0.29) is 11.5 Å². The minimum Gasteiger partial charge on any atom is -0.478 e. The van der Waals surface area contributed by atoms with E-state index in [1.165, 1.54) is 4.68 Å². The van der Waals surface area contributed by atoms with Crippen LogP contribution in [0.5, 0.6) is 0 Å². The van der Waals surface area contributed by atoms with Crippen LogP contribution in [0.25, 0.3) is 22.2 Å². The van der Waals surface area contributed by atoms with Crippen molar-refractivity contribution in [1.82, 2.24) is 9.78 Å². The Morgan fingerprint density at radius 2 is 1.50 bits per heavy atom. The van der Waals surface area contributed by atoms with E-state index in [1.54, 1.807) is 24.3 Å². The molecule has 4 aromatic rings. The summed E-state index contributed by atoms with van der Waals surface area (Å²) >= 11 is 0. The molecule has 5 nitrogen and oxygen atoms in total. The molecule has 0 atom stereocenters. The van der Waals surface area contributed by atoms with Gasteiger partial charge in [0.2, 0.25) is 0 Å². The molecule has 0 amide bonds. The van der Waals surface area contributed by atoms with Gasteiger partial charge in [-0.15, -0.1) is 0 Å². The molecule has 0 saturated carbocycles. The molecule has 1 N–H and O–H groups in total. The Kier molecular flexibility index (Phi) is 4.28. The molecule has 5 heteroatoms. The second kappa shape index (κ2) is 6.78. The van der Waals surface area contributed by atoms with E-state index in [4.69, 9.17) is 5.11 Å². The summed E-state index contributed by atoms with van der Waals surface area (Å²) in [5.74, 6) is -1.16. The van der Waals surface area contributed by atoms with Gasteiger partial charge < -0.3 is 5.11 Å². The Balaban J connectivity index is 1.90. The number of hydrogen-bond donors (Lipinski definition) is 1.